The molecule has 2 rings (SSSR count). The Morgan fingerprint density at radius 3 is 2.67 bits per heavy atom. The van der Waals surface area contributed by atoms with Gasteiger partial charge in [-0.1, -0.05) is 13.8 Å². The second-order valence-electron chi connectivity index (χ2n) is 4.75. The molecule has 1 aliphatic carbocycles. The summed E-state index contributed by atoms with van der Waals surface area (Å²) in [6, 6.07) is 1.85. The van der Waals surface area contributed by atoms with Gasteiger partial charge in [-0.25, -0.2) is 0 Å². The van der Waals surface area contributed by atoms with E-state index in [1.54, 1.807) is 12.3 Å². The van der Waals surface area contributed by atoms with Crippen molar-refractivity contribution in [3.05, 3.63) is 28.6 Å². The van der Waals surface area contributed by atoms with Crippen molar-refractivity contribution in [1.82, 2.24) is 0 Å². The van der Waals surface area contributed by atoms with E-state index in [0.717, 1.165) is 22.2 Å². The predicted molar refractivity (Wildman–Crippen MR) is 62.4 cm³/mol. The molecule has 1 aliphatic rings. The number of ketones is 1. The van der Waals surface area contributed by atoms with E-state index in [9.17, 15) is 4.79 Å². The van der Waals surface area contributed by atoms with E-state index in [0.29, 0.717) is 6.42 Å². The zero-order valence-electron chi connectivity index (χ0n) is 8.84. The molecule has 0 spiro atoms. The number of carbonyl (C=O) groups is 1. The highest BCUT2D eigenvalue weighted by molar-refractivity contribution is 9.10. The van der Waals surface area contributed by atoms with Crippen molar-refractivity contribution in [3.8, 4) is 0 Å². The van der Waals surface area contributed by atoms with Gasteiger partial charge in [0.25, 0.3) is 0 Å². The van der Waals surface area contributed by atoms with Crippen LogP contribution in [0.25, 0.3) is 5.57 Å². The number of hydrogen-bond acceptors (Lipinski definition) is 2. The van der Waals surface area contributed by atoms with Gasteiger partial charge in [0.2, 0.25) is 0 Å². The van der Waals surface area contributed by atoms with Crippen molar-refractivity contribution in [3.63, 3.8) is 0 Å². The van der Waals surface area contributed by atoms with E-state index in [1.807, 2.05) is 6.07 Å². The van der Waals surface area contributed by atoms with Crippen molar-refractivity contribution in [1.29, 1.82) is 0 Å². The van der Waals surface area contributed by atoms with E-state index in [-0.39, 0.29) is 11.2 Å². The van der Waals surface area contributed by atoms with Crippen molar-refractivity contribution in [2.75, 3.05) is 0 Å². The lowest BCUT2D eigenvalue weighted by Gasteiger charge is -2.28. The molecule has 0 atom stereocenters. The van der Waals surface area contributed by atoms with Crippen LogP contribution in [0.5, 0.6) is 0 Å². The van der Waals surface area contributed by atoms with E-state index >= 15 is 0 Å². The Balaban J connectivity index is 2.38. The summed E-state index contributed by atoms with van der Waals surface area (Å²) in [5.74, 6) is 0.973. The average Bonchev–Trinajstić information content (AvgIpc) is 2.47. The maximum atomic E-state index is 11.6. The minimum Gasteiger partial charge on any atom is -0.463 e. The van der Waals surface area contributed by atoms with Gasteiger partial charge in [0, 0.05) is 6.42 Å². The van der Waals surface area contributed by atoms with Crippen molar-refractivity contribution >= 4 is 27.3 Å². The highest BCUT2D eigenvalue weighted by Gasteiger charge is 2.29. The van der Waals surface area contributed by atoms with Crippen LogP contribution < -0.4 is 0 Å². The molecule has 0 N–H and O–H groups in total. The van der Waals surface area contributed by atoms with Crippen LogP contribution >= 0.6 is 15.9 Å². The van der Waals surface area contributed by atoms with Gasteiger partial charge in [-0.2, -0.15) is 0 Å². The Labute approximate surface area is 97.5 Å². The Hall–Kier alpha value is -0.830. The van der Waals surface area contributed by atoms with Gasteiger partial charge in [0.15, 0.2) is 5.78 Å². The first kappa shape index (κ1) is 10.7. The molecule has 0 radical (unpaired) electrons. The monoisotopic (exact) mass is 268 g/mol. The quantitative estimate of drug-likeness (QED) is 0.775. The third kappa shape index (κ3) is 2.23. The molecule has 0 aromatic carbocycles. The van der Waals surface area contributed by atoms with E-state index < -0.39 is 0 Å². The first-order valence-electron chi connectivity index (χ1n) is 4.95. The van der Waals surface area contributed by atoms with E-state index in [2.05, 4.69) is 29.8 Å². The molecule has 0 fully saturated rings. The van der Waals surface area contributed by atoms with Crippen molar-refractivity contribution in [2.24, 2.45) is 5.41 Å². The molecular formula is C12H13BrO2. The lowest BCUT2D eigenvalue weighted by Crippen LogP contribution is -2.21. The van der Waals surface area contributed by atoms with Gasteiger partial charge in [0.05, 0.1) is 10.7 Å². The molecule has 80 valence electrons. The van der Waals surface area contributed by atoms with Crippen LogP contribution in [0.1, 0.15) is 32.4 Å². The fourth-order valence-electron chi connectivity index (χ4n) is 2.01. The summed E-state index contributed by atoms with van der Waals surface area (Å²) in [4.78, 5) is 11.6. The van der Waals surface area contributed by atoms with E-state index in [1.165, 1.54) is 0 Å². The number of carbonyl (C=O) groups excluding carboxylic acids is 1. The van der Waals surface area contributed by atoms with E-state index in [4.69, 9.17) is 4.42 Å². The summed E-state index contributed by atoms with van der Waals surface area (Å²) in [5, 5.41) is 0. The normalized spacial score (nSPS) is 20.2. The maximum absolute atomic E-state index is 11.6. The second kappa shape index (κ2) is 3.63. The summed E-state index contributed by atoms with van der Waals surface area (Å²) in [6.07, 6.45) is 4.83. The lowest BCUT2D eigenvalue weighted by atomic mass is 9.76. The molecular weight excluding hydrogens is 256 g/mol. The van der Waals surface area contributed by atoms with Gasteiger partial charge in [-0.05, 0) is 45.5 Å². The van der Waals surface area contributed by atoms with Crippen molar-refractivity contribution < 1.29 is 9.21 Å². The first-order chi connectivity index (χ1) is 6.98. The molecule has 0 amide bonds. The van der Waals surface area contributed by atoms with Crippen LogP contribution in [-0.4, -0.2) is 5.78 Å². The number of rotatable bonds is 1. The molecule has 1 aromatic heterocycles. The van der Waals surface area contributed by atoms with Gasteiger partial charge < -0.3 is 4.42 Å². The molecule has 1 heterocycles. The highest BCUT2D eigenvalue weighted by Crippen LogP contribution is 2.40. The fraction of sp³-hybridized carbons (Fsp3) is 0.417. The van der Waals surface area contributed by atoms with Crippen LogP contribution in [0.4, 0.5) is 0 Å². The SMILES string of the molecule is CC1(C)CC(=O)C=C(c2occc2Br)C1. The van der Waals surface area contributed by atoms with Crippen LogP contribution in [0, 0.1) is 5.41 Å². The molecule has 0 aliphatic heterocycles. The number of hydrogen-bond donors (Lipinski definition) is 0. The molecule has 0 saturated heterocycles. The zero-order chi connectivity index (χ0) is 11.1. The molecule has 3 heteroatoms. The molecule has 1 aromatic rings. The topological polar surface area (TPSA) is 30.2 Å². The minimum atomic E-state index is 0.0351. The van der Waals surface area contributed by atoms with Gasteiger partial charge in [-0.3, -0.25) is 4.79 Å². The smallest absolute Gasteiger partial charge is 0.156 e. The summed E-state index contributed by atoms with van der Waals surface area (Å²) < 4.78 is 6.29. The first-order valence-corrected chi connectivity index (χ1v) is 5.74. The van der Waals surface area contributed by atoms with Crippen LogP contribution in [-0.2, 0) is 4.79 Å². The Kier molecular flexibility index (Phi) is 2.59. The number of halogens is 1. The molecule has 0 unspecified atom stereocenters. The lowest BCUT2D eigenvalue weighted by molar-refractivity contribution is -0.116. The predicted octanol–water partition coefficient (Wildman–Crippen LogP) is 3.81. The fourth-order valence-corrected chi connectivity index (χ4v) is 2.47. The summed E-state index contributed by atoms with van der Waals surface area (Å²) >= 11 is 3.41. The van der Waals surface area contributed by atoms with Gasteiger partial charge in [-0.15, -0.1) is 0 Å². The van der Waals surface area contributed by atoms with Crippen LogP contribution in [0.3, 0.4) is 0 Å². The third-order valence-corrected chi connectivity index (χ3v) is 3.19. The summed E-state index contributed by atoms with van der Waals surface area (Å²) in [7, 11) is 0. The largest absolute Gasteiger partial charge is 0.463 e. The molecule has 2 nitrogen and oxygen atoms in total. The third-order valence-electron chi connectivity index (χ3n) is 2.57. The maximum Gasteiger partial charge on any atom is 0.156 e. The Morgan fingerprint density at radius 2 is 2.13 bits per heavy atom. The average molecular weight is 269 g/mol. The van der Waals surface area contributed by atoms with Gasteiger partial charge in [0.1, 0.15) is 5.76 Å². The minimum absolute atomic E-state index is 0.0351. The van der Waals surface area contributed by atoms with Crippen LogP contribution in [0.15, 0.2) is 27.3 Å². The highest BCUT2D eigenvalue weighted by atomic mass is 79.9. The number of furan rings is 1. The molecule has 0 saturated carbocycles. The zero-order valence-corrected chi connectivity index (χ0v) is 10.4. The standard InChI is InChI=1S/C12H13BrO2/c1-12(2)6-8(5-9(14)7-12)11-10(13)3-4-15-11/h3-5H,6-7H2,1-2H3. The van der Waals surface area contributed by atoms with Gasteiger partial charge >= 0.3 is 0 Å². The Bertz CT molecular complexity index is 427. The summed E-state index contributed by atoms with van der Waals surface area (Å²) in [5.41, 5.74) is 1.03. The summed E-state index contributed by atoms with van der Waals surface area (Å²) in [6.45, 7) is 4.21. The van der Waals surface area contributed by atoms with Crippen LogP contribution in [0.2, 0.25) is 0 Å². The number of allylic oxidation sites excluding steroid dienone is 2. The van der Waals surface area contributed by atoms with Crippen molar-refractivity contribution in [2.45, 2.75) is 26.7 Å². The second-order valence-corrected chi connectivity index (χ2v) is 5.61. The molecule has 0 bridgehead atoms. The molecule has 15 heavy (non-hydrogen) atoms. The Morgan fingerprint density at radius 1 is 1.40 bits per heavy atom.